The molecule has 32 heavy (non-hydrogen) atoms. The molecule has 2 amide bonds. The van der Waals surface area contributed by atoms with Crippen molar-refractivity contribution < 1.29 is 9.59 Å². The highest BCUT2D eigenvalue weighted by molar-refractivity contribution is 6.30. The summed E-state index contributed by atoms with van der Waals surface area (Å²) >= 11 is 6.15. The topological polar surface area (TPSA) is 56.4 Å². The predicted octanol–water partition coefficient (Wildman–Crippen LogP) is 5.09. The van der Waals surface area contributed by atoms with Crippen LogP contribution < -0.4 is 0 Å². The van der Waals surface area contributed by atoms with Crippen molar-refractivity contribution in [1.82, 2.24) is 14.8 Å². The number of rotatable bonds is 6. The lowest BCUT2D eigenvalue weighted by molar-refractivity contribution is -0.158. The zero-order valence-electron chi connectivity index (χ0n) is 18.3. The molecule has 3 heterocycles. The lowest BCUT2D eigenvalue weighted by Gasteiger charge is -2.47. The Morgan fingerprint density at radius 1 is 1.03 bits per heavy atom. The van der Waals surface area contributed by atoms with E-state index in [1.165, 1.54) is 0 Å². The summed E-state index contributed by atoms with van der Waals surface area (Å²) in [5.74, 6) is 0.0744. The van der Waals surface area contributed by atoms with Gasteiger partial charge in [-0.25, -0.2) is 0 Å². The SMILES string of the molecule is CCCCCCN1CC(=O)N2[C@@H](c3ccc(Cl)cc3)c3[nH]c4ccccc4c3C[C@@H]2C1=O. The summed E-state index contributed by atoms with van der Waals surface area (Å²) in [4.78, 5) is 34.2. The van der Waals surface area contributed by atoms with E-state index in [1.807, 2.05) is 41.3 Å². The number of aromatic nitrogens is 1. The van der Waals surface area contributed by atoms with Crippen LogP contribution in [0.3, 0.4) is 0 Å². The summed E-state index contributed by atoms with van der Waals surface area (Å²) < 4.78 is 0. The highest BCUT2D eigenvalue weighted by Gasteiger charge is 2.47. The van der Waals surface area contributed by atoms with E-state index >= 15 is 0 Å². The van der Waals surface area contributed by atoms with Crippen molar-refractivity contribution in [2.24, 2.45) is 0 Å². The van der Waals surface area contributed by atoms with Crippen LogP contribution in [0.5, 0.6) is 0 Å². The highest BCUT2D eigenvalue weighted by atomic mass is 35.5. The first-order valence-corrected chi connectivity index (χ1v) is 11.9. The first-order valence-electron chi connectivity index (χ1n) is 11.5. The van der Waals surface area contributed by atoms with E-state index in [1.54, 1.807) is 4.90 Å². The molecule has 5 nitrogen and oxygen atoms in total. The normalized spacial score (nSPS) is 20.6. The molecule has 6 heteroatoms. The van der Waals surface area contributed by atoms with E-state index < -0.39 is 6.04 Å². The molecule has 2 aliphatic rings. The number of H-pyrrole nitrogens is 1. The zero-order chi connectivity index (χ0) is 22.2. The van der Waals surface area contributed by atoms with Crippen LogP contribution in [0.2, 0.25) is 5.02 Å². The van der Waals surface area contributed by atoms with Crippen LogP contribution in [0.1, 0.15) is 55.5 Å². The molecule has 2 aromatic carbocycles. The maximum Gasteiger partial charge on any atom is 0.246 e. The minimum atomic E-state index is -0.477. The number of piperazine rings is 1. The Bertz CT molecular complexity index is 1150. The Kier molecular flexibility index (Phi) is 5.68. The second kappa shape index (κ2) is 8.62. The molecule has 0 unspecified atom stereocenters. The van der Waals surface area contributed by atoms with Gasteiger partial charge in [-0.15, -0.1) is 0 Å². The standard InChI is InChI=1S/C26H28ClN3O2/c1-2-3-4-7-14-29-16-23(31)30-22(26(29)32)15-20-19-8-5-6-9-21(19)28-24(20)25(30)17-10-12-18(27)13-11-17/h5-6,8-13,22,25,28H,2-4,7,14-16H2,1H3/t22-,25+/m1/s1. The monoisotopic (exact) mass is 449 g/mol. The second-order valence-corrected chi connectivity index (χ2v) is 9.29. The van der Waals surface area contributed by atoms with Crippen molar-refractivity contribution in [3.63, 3.8) is 0 Å². The number of benzene rings is 2. The minimum Gasteiger partial charge on any atom is -0.356 e. The summed E-state index contributed by atoms with van der Waals surface area (Å²) in [5, 5.41) is 1.78. The number of nitrogens with zero attached hydrogens (tertiary/aromatic N) is 2. The molecule has 1 fully saturated rings. The molecule has 2 atom stereocenters. The van der Waals surface area contributed by atoms with Gasteiger partial charge in [0.15, 0.2) is 0 Å². The molecule has 2 aliphatic heterocycles. The Balaban J connectivity index is 1.56. The average molecular weight is 450 g/mol. The van der Waals surface area contributed by atoms with Crippen LogP contribution in [-0.2, 0) is 16.0 Å². The van der Waals surface area contributed by atoms with Gasteiger partial charge in [0.05, 0.1) is 12.6 Å². The van der Waals surface area contributed by atoms with Crippen molar-refractivity contribution in [3.05, 3.63) is 70.4 Å². The van der Waals surface area contributed by atoms with Gasteiger partial charge < -0.3 is 14.8 Å². The van der Waals surface area contributed by atoms with Gasteiger partial charge in [0, 0.05) is 34.6 Å². The third-order valence-electron chi connectivity index (χ3n) is 6.81. The van der Waals surface area contributed by atoms with Crippen LogP contribution in [0.4, 0.5) is 0 Å². The van der Waals surface area contributed by atoms with Crippen LogP contribution in [-0.4, -0.2) is 45.7 Å². The van der Waals surface area contributed by atoms with Gasteiger partial charge in [-0.2, -0.15) is 0 Å². The maximum atomic E-state index is 13.6. The lowest BCUT2D eigenvalue weighted by atomic mass is 9.86. The molecule has 1 aromatic heterocycles. The molecule has 1 N–H and O–H groups in total. The summed E-state index contributed by atoms with van der Waals surface area (Å²) in [6.07, 6.45) is 4.87. The van der Waals surface area contributed by atoms with Crippen molar-refractivity contribution in [3.8, 4) is 0 Å². The Morgan fingerprint density at radius 3 is 2.59 bits per heavy atom. The fourth-order valence-electron chi connectivity index (χ4n) is 5.23. The Labute approximate surface area is 193 Å². The largest absolute Gasteiger partial charge is 0.356 e. The van der Waals surface area contributed by atoms with Crippen LogP contribution >= 0.6 is 11.6 Å². The smallest absolute Gasteiger partial charge is 0.246 e. The first-order chi connectivity index (χ1) is 15.6. The number of carbonyl (C=O) groups excluding carboxylic acids is 2. The molecular weight excluding hydrogens is 422 g/mol. The van der Waals surface area contributed by atoms with Gasteiger partial charge in [0.25, 0.3) is 0 Å². The first kappa shape index (κ1) is 21.1. The number of nitrogens with one attached hydrogen (secondary N) is 1. The fraction of sp³-hybridized carbons (Fsp3) is 0.385. The molecule has 5 rings (SSSR count). The number of hydrogen-bond acceptors (Lipinski definition) is 2. The third-order valence-corrected chi connectivity index (χ3v) is 7.06. The maximum absolute atomic E-state index is 13.6. The van der Waals surface area contributed by atoms with E-state index in [2.05, 4.69) is 24.0 Å². The zero-order valence-corrected chi connectivity index (χ0v) is 19.1. The molecule has 166 valence electrons. The van der Waals surface area contributed by atoms with E-state index in [9.17, 15) is 9.59 Å². The molecular formula is C26H28ClN3O2. The highest BCUT2D eigenvalue weighted by Crippen LogP contribution is 2.42. The van der Waals surface area contributed by atoms with Gasteiger partial charge in [0.2, 0.25) is 11.8 Å². The van der Waals surface area contributed by atoms with Crippen LogP contribution in [0, 0.1) is 0 Å². The third kappa shape index (κ3) is 3.58. The average Bonchev–Trinajstić information content (AvgIpc) is 3.17. The van der Waals surface area contributed by atoms with E-state index in [-0.39, 0.29) is 24.4 Å². The number of fused-ring (bicyclic) bond motifs is 4. The number of amides is 2. The summed E-state index contributed by atoms with van der Waals surface area (Å²) in [5.41, 5.74) is 4.13. The summed E-state index contributed by atoms with van der Waals surface area (Å²) in [6, 6.07) is 15.0. The quantitative estimate of drug-likeness (QED) is 0.533. The van der Waals surface area contributed by atoms with Crippen LogP contribution in [0.15, 0.2) is 48.5 Å². The number of unbranched alkanes of at least 4 members (excludes halogenated alkanes) is 3. The minimum absolute atomic E-state index is 0.00866. The Morgan fingerprint density at radius 2 is 1.81 bits per heavy atom. The van der Waals surface area contributed by atoms with Gasteiger partial charge >= 0.3 is 0 Å². The van der Waals surface area contributed by atoms with E-state index in [0.717, 1.165) is 53.4 Å². The molecule has 0 radical (unpaired) electrons. The summed E-state index contributed by atoms with van der Waals surface area (Å²) in [7, 11) is 0. The van der Waals surface area contributed by atoms with Crippen molar-refractivity contribution >= 4 is 34.3 Å². The Hall–Kier alpha value is -2.79. The molecule has 0 aliphatic carbocycles. The van der Waals surface area contributed by atoms with Gasteiger partial charge in [0.1, 0.15) is 6.04 Å². The molecule has 0 spiro atoms. The molecule has 0 saturated carbocycles. The molecule has 1 saturated heterocycles. The lowest BCUT2D eigenvalue weighted by Crippen LogP contribution is -2.63. The number of halogens is 1. The van der Waals surface area contributed by atoms with Crippen molar-refractivity contribution in [1.29, 1.82) is 0 Å². The van der Waals surface area contributed by atoms with Crippen LogP contribution in [0.25, 0.3) is 10.9 Å². The van der Waals surface area contributed by atoms with Crippen molar-refractivity contribution in [2.45, 2.75) is 51.1 Å². The number of aromatic amines is 1. The number of carbonyl (C=O) groups is 2. The predicted molar refractivity (Wildman–Crippen MR) is 127 cm³/mol. The van der Waals surface area contributed by atoms with Gasteiger partial charge in [-0.1, -0.05) is 68.1 Å². The van der Waals surface area contributed by atoms with Crippen molar-refractivity contribution in [2.75, 3.05) is 13.1 Å². The fourth-order valence-corrected chi connectivity index (χ4v) is 5.36. The number of hydrogen-bond donors (Lipinski definition) is 1. The van der Waals surface area contributed by atoms with E-state index in [4.69, 9.17) is 11.6 Å². The second-order valence-electron chi connectivity index (χ2n) is 8.86. The molecule has 0 bridgehead atoms. The summed E-state index contributed by atoms with van der Waals surface area (Å²) in [6.45, 7) is 2.98. The van der Waals surface area contributed by atoms with Gasteiger partial charge in [-0.3, -0.25) is 9.59 Å². The number of para-hydroxylation sites is 1. The molecule has 3 aromatic rings. The van der Waals surface area contributed by atoms with E-state index in [0.29, 0.717) is 18.0 Å². The van der Waals surface area contributed by atoms with Gasteiger partial charge in [-0.05, 0) is 35.7 Å².